The minimum absolute atomic E-state index is 0.546. The van der Waals surface area contributed by atoms with Gasteiger partial charge < -0.3 is 4.40 Å². The van der Waals surface area contributed by atoms with Crippen molar-refractivity contribution >= 4 is 5.65 Å². The molecule has 3 rings (SSSR count). The molecule has 90 valence electrons. The van der Waals surface area contributed by atoms with Gasteiger partial charge >= 0.3 is 0 Å². The Morgan fingerprint density at radius 2 is 1.94 bits per heavy atom. The van der Waals surface area contributed by atoms with Crippen LogP contribution in [0.3, 0.4) is 0 Å². The average molecular weight is 236 g/mol. The molecular formula is C16H16N2. The van der Waals surface area contributed by atoms with Gasteiger partial charge in [-0.2, -0.15) is 0 Å². The van der Waals surface area contributed by atoms with Crippen LogP contribution >= 0.6 is 0 Å². The summed E-state index contributed by atoms with van der Waals surface area (Å²) in [5.41, 5.74) is 4.79. The first-order chi connectivity index (χ1) is 8.75. The van der Waals surface area contributed by atoms with Gasteiger partial charge in [-0.15, -0.1) is 0 Å². The number of nitrogens with zero attached hydrogens (tertiary/aromatic N) is 2. The zero-order valence-electron chi connectivity index (χ0n) is 10.7. The monoisotopic (exact) mass is 236 g/mol. The maximum absolute atomic E-state index is 4.43. The van der Waals surface area contributed by atoms with E-state index in [4.69, 9.17) is 0 Å². The number of aromatic nitrogens is 2. The summed E-state index contributed by atoms with van der Waals surface area (Å²) in [6, 6.07) is 12.9. The van der Waals surface area contributed by atoms with Gasteiger partial charge in [0.05, 0.1) is 0 Å². The number of benzene rings is 1. The summed E-state index contributed by atoms with van der Waals surface area (Å²) in [6.07, 6.45) is 5.84. The first-order valence-electron chi connectivity index (χ1n) is 6.28. The van der Waals surface area contributed by atoms with Crippen LogP contribution in [0.4, 0.5) is 0 Å². The van der Waals surface area contributed by atoms with Gasteiger partial charge in [-0.3, -0.25) is 0 Å². The highest BCUT2D eigenvalue weighted by Crippen LogP contribution is 2.26. The van der Waals surface area contributed by atoms with E-state index in [0.717, 1.165) is 5.65 Å². The number of hydrogen-bond donors (Lipinski definition) is 0. The molecule has 2 heteroatoms. The molecule has 2 heterocycles. The molecule has 0 aliphatic heterocycles. The van der Waals surface area contributed by atoms with E-state index in [2.05, 4.69) is 59.6 Å². The zero-order valence-corrected chi connectivity index (χ0v) is 10.7. The molecule has 1 aromatic carbocycles. The van der Waals surface area contributed by atoms with E-state index in [1.165, 1.54) is 16.7 Å². The molecule has 0 atom stereocenters. The van der Waals surface area contributed by atoms with Gasteiger partial charge in [-0.1, -0.05) is 38.1 Å². The lowest BCUT2D eigenvalue weighted by Crippen LogP contribution is -1.90. The van der Waals surface area contributed by atoms with E-state index in [1.807, 2.05) is 18.6 Å². The molecule has 2 aromatic heterocycles. The van der Waals surface area contributed by atoms with Crippen molar-refractivity contribution in [2.24, 2.45) is 0 Å². The fourth-order valence-corrected chi connectivity index (χ4v) is 2.24. The molecule has 0 unspecified atom stereocenters. The maximum Gasteiger partial charge on any atom is 0.144 e. The molecule has 0 fully saturated rings. The predicted octanol–water partition coefficient (Wildman–Crippen LogP) is 4.12. The normalized spacial score (nSPS) is 11.3. The third-order valence-electron chi connectivity index (χ3n) is 3.28. The van der Waals surface area contributed by atoms with E-state index >= 15 is 0 Å². The fourth-order valence-electron chi connectivity index (χ4n) is 2.24. The maximum atomic E-state index is 4.43. The summed E-state index contributed by atoms with van der Waals surface area (Å²) in [7, 11) is 0. The van der Waals surface area contributed by atoms with E-state index in [1.54, 1.807) is 0 Å². The molecule has 0 aliphatic carbocycles. The second-order valence-electron chi connectivity index (χ2n) is 4.86. The number of imidazole rings is 1. The molecule has 3 aromatic rings. The van der Waals surface area contributed by atoms with Gasteiger partial charge in [0, 0.05) is 24.2 Å². The van der Waals surface area contributed by atoms with Crippen LogP contribution in [0.2, 0.25) is 0 Å². The topological polar surface area (TPSA) is 17.3 Å². The van der Waals surface area contributed by atoms with E-state index in [0.29, 0.717) is 5.92 Å². The van der Waals surface area contributed by atoms with Crippen LogP contribution in [-0.4, -0.2) is 9.38 Å². The largest absolute Gasteiger partial charge is 0.307 e. The Labute approximate surface area is 107 Å². The van der Waals surface area contributed by atoms with E-state index < -0.39 is 0 Å². The van der Waals surface area contributed by atoms with E-state index in [-0.39, 0.29) is 0 Å². The lowest BCUT2D eigenvalue weighted by molar-refractivity contribution is 0.867. The molecule has 0 bridgehead atoms. The molecule has 0 amide bonds. The quantitative estimate of drug-likeness (QED) is 0.654. The van der Waals surface area contributed by atoms with Crippen LogP contribution in [-0.2, 0) is 0 Å². The molecule has 0 spiro atoms. The zero-order chi connectivity index (χ0) is 12.5. The van der Waals surface area contributed by atoms with Crippen LogP contribution in [0.5, 0.6) is 0 Å². The molecule has 18 heavy (non-hydrogen) atoms. The van der Waals surface area contributed by atoms with Crippen molar-refractivity contribution in [3.8, 4) is 11.1 Å². The SMILES string of the molecule is CC(C)c1cccc(-c2cccn3ccnc23)c1. The third-order valence-corrected chi connectivity index (χ3v) is 3.28. The van der Waals surface area contributed by atoms with Crippen LogP contribution in [0, 0.1) is 0 Å². The van der Waals surface area contributed by atoms with Gasteiger partial charge in [0.15, 0.2) is 0 Å². The van der Waals surface area contributed by atoms with Gasteiger partial charge in [0.25, 0.3) is 0 Å². The van der Waals surface area contributed by atoms with Crippen molar-refractivity contribution in [1.29, 1.82) is 0 Å². The smallest absolute Gasteiger partial charge is 0.144 e. The average Bonchev–Trinajstić information content (AvgIpc) is 2.87. The van der Waals surface area contributed by atoms with Crippen molar-refractivity contribution in [3.05, 3.63) is 60.6 Å². The second-order valence-corrected chi connectivity index (χ2v) is 4.86. The number of pyridine rings is 1. The van der Waals surface area contributed by atoms with Gasteiger partial charge in [0.2, 0.25) is 0 Å². The molecule has 0 radical (unpaired) electrons. The first-order valence-corrected chi connectivity index (χ1v) is 6.28. The van der Waals surface area contributed by atoms with Crippen LogP contribution in [0.15, 0.2) is 55.0 Å². The summed E-state index contributed by atoms with van der Waals surface area (Å²) in [5.74, 6) is 0.546. The van der Waals surface area contributed by atoms with Crippen molar-refractivity contribution < 1.29 is 0 Å². The minimum Gasteiger partial charge on any atom is -0.307 e. The standard InChI is InChI=1S/C16H16N2/c1-12(2)13-5-3-6-14(11-13)15-7-4-9-18-10-8-17-16(15)18/h3-12H,1-2H3. The minimum atomic E-state index is 0.546. The highest BCUT2D eigenvalue weighted by molar-refractivity contribution is 5.77. The summed E-state index contributed by atoms with van der Waals surface area (Å²) in [6.45, 7) is 4.43. The Morgan fingerprint density at radius 3 is 2.78 bits per heavy atom. The Hall–Kier alpha value is -2.09. The summed E-state index contributed by atoms with van der Waals surface area (Å²) in [4.78, 5) is 4.43. The number of fused-ring (bicyclic) bond motifs is 1. The highest BCUT2D eigenvalue weighted by atomic mass is 15.0. The Bertz CT molecular complexity index is 680. The molecular weight excluding hydrogens is 220 g/mol. The lowest BCUT2D eigenvalue weighted by Gasteiger charge is -2.09. The summed E-state index contributed by atoms with van der Waals surface area (Å²) in [5, 5.41) is 0. The van der Waals surface area contributed by atoms with Crippen molar-refractivity contribution in [3.63, 3.8) is 0 Å². The van der Waals surface area contributed by atoms with Crippen LogP contribution < -0.4 is 0 Å². The third kappa shape index (κ3) is 1.80. The molecule has 0 N–H and O–H groups in total. The Balaban J connectivity index is 2.20. The molecule has 2 nitrogen and oxygen atoms in total. The van der Waals surface area contributed by atoms with Crippen molar-refractivity contribution in [2.45, 2.75) is 19.8 Å². The molecule has 0 saturated carbocycles. The number of rotatable bonds is 2. The molecule has 0 aliphatic rings. The lowest BCUT2D eigenvalue weighted by atomic mass is 9.98. The highest BCUT2D eigenvalue weighted by Gasteiger charge is 2.06. The Morgan fingerprint density at radius 1 is 1.06 bits per heavy atom. The van der Waals surface area contributed by atoms with Gasteiger partial charge in [-0.25, -0.2) is 4.98 Å². The Kier molecular flexibility index (Phi) is 2.63. The van der Waals surface area contributed by atoms with Crippen molar-refractivity contribution in [2.75, 3.05) is 0 Å². The van der Waals surface area contributed by atoms with E-state index in [9.17, 15) is 0 Å². The van der Waals surface area contributed by atoms with Crippen LogP contribution in [0.25, 0.3) is 16.8 Å². The summed E-state index contributed by atoms with van der Waals surface area (Å²) >= 11 is 0. The van der Waals surface area contributed by atoms with Crippen LogP contribution in [0.1, 0.15) is 25.3 Å². The second kappa shape index (κ2) is 4.30. The van der Waals surface area contributed by atoms with Gasteiger partial charge in [-0.05, 0) is 29.2 Å². The molecule has 0 saturated heterocycles. The first kappa shape index (κ1) is 11.0. The van der Waals surface area contributed by atoms with Crippen molar-refractivity contribution in [1.82, 2.24) is 9.38 Å². The number of hydrogen-bond acceptors (Lipinski definition) is 1. The fraction of sp³-hybridized carbons (Fsp3) is 0.188. The van der Waals surface area contributed by atoms with Gasteiger partial charge in [0.1, 0.15) is 5.65 Å². The summed E-state index contributed by atoms with van der Waals surface area (Å²) < 4.78 is 2.05. The predicted molar refractivity (Wildman–Crippen MR) is 74.7 cm³/mol.